The summed E-state index contributed by atoms with van der Waals surface area (Å²) in [5.41, 5.74) is 2.69. The number of alkyl halides is 1. The maximum atomic E-state index is 13.0. The summed E-state index contributed by atoms with van der Waals surface area (Å²) in [6.07, 6.45) is 2.50. The van der Waals surface area contributed by atoms with Crippen molar-refractivity contribution in [1.29, 1.82) is 0 Å². The summed E-state index contributed by atoms with van der Waals surface area (Å²) < 4.78 is 14.5. The minimum absolute atomic E-state index is 0.0376. The van der Waals surface area contributed by atoms with Gasteiger partial charge in [-0.25, -0.2) is 4.39 Å². The molecule has 1 aromatic carbocycles. The van der Waals surface area contributed by atoms with Crippen LogP contribution in [-0.4, -0.2) is 46.0 Å². The van der Waals surface area contributed by atoms with Crippen LogP contribution in [0.15, 0.2) is 23.0 Å². The Morgan fingerprint density at radius 2 is 2.12 bits per heavy atom. The van der Waals surface area contributed by atoms with Crippen LogP contribution in [0.25, 0.3) is 21.8 Å². The molecule has 0 saturated carbocycles. The lowest BCUT2D eigenvalue weighted by Crippen LogP contribution is -2.22. The third-order valence-electron chi connectivity index (χ3n) is 4.99. The lowest BCUT2D eigenvalue weighted by Gasteiger charge is -2.10. The number of pyridine rings is 1. The molecule has 0 spiro atoms. The molecule has 1 aliphatic rings. The summed E-state index contributed by atoms with van der Waals surface area (Å²) >= 11 is 0. The van der Waals surface area contributed by atoms with Crippen LogP contribution in [-0.2, 0) is 6.54 Å². The first-order valence-corrected chi connectivity index (χ1v) is 8.97. The van der Waals surface area contributed by atoms with E-state index < -0.39 is 6.67 Å². The molecule has 134 valence electrons. The summed E-state index contributed by atoms with van der Waals surface area (Å²) in [5.74, 6) is 6.44. The van der Waals surface area contributed by atoms with E-state index in [1.165, 1.54) is 17.4 Å². The second kappa shape index (κ2) is 6.93. The largest absolute Gasteiger partial charge is 0.305 e. The third kappa shape index (κ3) is 2.89. The highest BCUT2D eigenvalue weighted by molar-refractivity contribution is 6.04. The number of aromatic nitrogens is 3. The number of hydrogen-bond acceptors (Lipinski definition) is 3. The van der Waals surface area contributed by atoms with E-state index in [1.54, 1.807) is 0 Å². The van der Waals surface area contributed by atoms with Crippen LogP contribution in [0.4, 0.5) is 4.39 Å². The molecular weight excluding hydrogens is 331 g/mol. The molecule has 0 unspecified atom stereocenters. The average Bonchev–Trinajstić information content (AvgIpc) is 3.29. The molecule has 1 aliphatic heterocycles. The quantitative estimate of drug-likeness (QED) is 0.737. The molecule has 6 heteroatoms. The van der Waals surface area contributed by atoms with E-state index in [-0.39, 0.29) is 12.1 Å². The Hall–Kier alpha value is -2.65. The summed E-state index contributed by atoms with van der Waals surface area (Å²) in [6.45, 7) is 4.27. The maximum absolute atomic E-state index is 13.0. The molecule has 0 atom stereocenters. The van der Waals surface area contributed by atoms with Crippen molar-refractivity contribution >= 4 is 21.8 Å². The Balaban J connectivity index is 1.82. The van der Waals surface area contributed by atoms with Crippen molar-refractivity contribution in [2.24, 2.45) is 0 Å². The third-order valence-corrected chi connectivity index (χ3v) is 4.99. The van der Waals surface area contributed by atoms with Crippen molar-refractivity contribution in [3.63, 3.8) is 0 Å². The summed E-state index contributed by atoms with van der Waals surface area (Å²) in [6, 6.07) is 5.68. The molecule has 0 amide bonds. The Morgan fingerprint density at radius 3 is 2.88 bits per heavy atom. The van der Waals surface area contributed by atoms with Crippen LogP contribution >= 0.6 is 0 Å². The van der Waals surface area contributed by atoms with Crippen LogP contribution < -0.4 is 5.56 Å². The topological polar surface area (TPSA) is 53.9 Å². The van der Waals surface area contributed by atoms with Crippen molar-refractivity contribution in [2.75, 3.05) is 26.3 Å². The Kier molecular flexibility index (Phi) is 4.48. The van der Waals surface area contributed by atoms with Crippen LogP contribution in [0.1, 0.15) is 24.1 Å². The molecule has 0 radical (unpaired) electrons. The van der Waals surface area contributed by atoms with Gasteiger partial charge in [0.05, 0.1) is 24.0 Å². The molecule has 26 heavy (non-hydrogen) atoms. The molecule has 3 heterocycles. The fourth-order valence-corrected chi connectivity index (χ4v) is 3.67. The summed E-state index contributed by atoms with van der Waals surface area (Å²) in [7, 11) is 0. The minimum Gasteiger partial charge on any atom is -0.305 e. The number of H-pyrrole nitrogens is 1. The van der Waals surface area contributed by atoms with E-state index in [0.717, 1.165) is 30.6 Å². The predicted octanol–water partition coefficient (Wildman–Crippen LogP) is 2.60. The van der Waals surface area contributed by atoms with Gasteiger partial charge in [-0.1, -0.05) is 11.8 Å². The lowest BCUT2D eigenvalue weighted by atomic mass is 10.1. The van der Waals surface area contributed by atoms with Gasteiger partial charge < -0.3 is 4.57 Å². The van der Waals surface area contributed by atoms with Crippen molar-refractivity contribution < 1.29 is 4.39 Å². The molecule has 1 saturated heterocycles. The second-order valence-electron chi connectivity index (χ2n) is 6.73. The highest BCUT2D eigenvalue weighted by atomic mass is 19.1. The SMILES string of the molecule is Cc1[nH]nc2c1c(=O)n(CCF)c1ccc(C#CCN3CCCC3)cc21. The molecule has 1 N–H and O–H groups in total. The summed E-state index contributed by atoms with van der Waals surface area (Å²) in [4.78, 5) is 15.1. The lowest BCUT2D eigenvalue weighted by molar-refractivity contribution is 0.383. The molecule has 0 aliphatic carbocycles. The molecular formula is C20H21FN4O. The number of aromatic amines is 1. The zero-order chi connectivity index (χ0) is 18.1. The van der Waals surface area contributed by atoms with Crippen molar-refractivity contribution in [3.8, 4) is 11.8 Å². The van der Waals surface area contributed by atoms with Gasteiger partial charge in [-0.05, 0) is 51.1 Å². The van der Waals surface area contributed by atoms with E-state index in [1.807, 2.05) is 25.1 Å². The van der Waals surface area contributed by atoms with Gasteiger partial charge in [0.1, 0.15) is 12.2 Å². The first kappa shape index (κ1) is 16.8. The fourth-order valence-electron chi connectivity index (χ4n) is 3.67. The first-order chi connectivity index (χ1) is 12.7. The molecule has 0 bridgehead atoms. The van der Waals surface area contributed by atoms with Gasteiger partial charge in [-0.2, -0.15) is 5.10 Å². The van der Waals surface area contributed by atoms with E-state index in [0.29, 0.717) is 22.1 Å². The van der Waals surface area contributed by atoms with Gasteiger partial charge in [0, 0.05) is 16.6 Å². The van der Waals surface area contributed by atoms with Gasteiger partial charge >= 0.3 is 0 Å². The number of aryl methyl sites for hydroxylation is 2. The van der Waals surface area contributed by atoms with Crippen LogP contribution in [0.3, 0.4) is 0 Å². The van der Waals surface area contributed by atoms with E-state index in [9.17, 15) is 9.18 Å². The van der Waals surface area contributed by atoms with E-state index in [2.05, 4.69) is 26.9 Å². The number of rotatable bonds is 3. The van der Waals surface area contributed by atoms with Gasteiger partial charge in [-0.3, -0.25) is 14.8 Å². The Labute approximate surface area is 150 Å². The van der Waals surface area contributed by atoms with Crippen LogP contribution in [0.2, 0.25) is 0 Å². The number of fused-ring (bicyclic) bond motifs is 3. The zero-order valence-corrected chi connectivity index (χ0v) is 14.8. The number of hydrogen-bond donors (Lipinski definition) is 1. The number of nitrogens with one attached hydrogen (secondary N) is 1. The standard InChI is InChI=1S/C20H21FN4O/c1-14-18-19(23-22-14)16-13-15(5-4-11-24-9-2-3-10-24)6-7-17(16)25(12-8-21)20(18)26/h6-7,13H,2-3,8-12H2,1H3,(H,22,23). The van der Waals surface area contributed by atoms with Crippen molar-refractivity contribution in [1.82, 2.24) is 19.7 Å². The number of nitrogens with zero attached hydrogens (tertiary/aromatic N) is 3. The van der Waals surface area contributed by atoms with Gasteiger partial charge in [0.15, 0.2) is 0 Å². The normalized spacial score (nSPS) is 14.8. The summed E-state index contributed by atoms with van der Waals surface area (Å²) in [5, 5.41) is 8.53. The van der Waals surface area contributed by atoms with Crippen LogP contribution in [0.5, 0.6) is 0 Å². The number of halogens is 1. The van der Waals surface area contributed by atoms with Gasteiger partial charge in [0.2, 0.25) is 0 Å². The van der Waals surface area contributed by atoms with E-state index >= 15 is 0 Å². The zero-order valence-electron chi connectivity index (χ0n) is 14.8. The van der Waals surface area contributed by atoms with Gasteiger partial charge in [0.25, 0.3) is 5.56 Å². The Bertz CT molecular complexity index is 1080. The molecule has 1 fully saturated rings. The smallest absolute Gasteiger partial charge is 0.262 e. The monoisotopic (exact) mass is 352 g/mol. The van der Waals surface area contributed by atoms with E-state index in [4.69, 9.17) is 0 Å². The number of likely N-dealkylation sites (tertiary alicyclic amines) is 1. The molecule has 4 rings (SSSR count). The molecule has 5 nitrogen and oxygen atoms in total. The average molecular weight is 352 g/mol. The molecule has 2 aromatic heterocycles. The maximum Gasteiger partial charge on any atom is 0.262 e. The predicted molar refractivity (Wildman–Crippen MR) is 101 cm³/mol. The number of benzene rings is 1. The fraction of sp³-hybridized carbons (Fsp3) is 0.400. The van der Waals surface area contributed by atoms with Crippen LogP contribution in [0, 0.1) is 18.8 Å². The first-order valence-electron chi connectivity index (χ1n) is 8.97. The van der Waals surface area contributed by atoms with Gasteiger partial charge in [-0.15, -0.1) is 0 Å². The van der Waals surface area contributed by atoms with Crippen molar-refractivity contribution in [3.05, 3.63) is 39.8 Å². The Morgan fingerprint density at radius 1 is 1.31 bits per heavy atom. The highest BCUT2D eigenvalue weighted by Crippen LogP contribution is 2.24. The minimum atomic E-state index is -0.588. The molecule has 3 aromatic rings. The highest BCUT2D eigenvalue weighted by Gasteiger charge is 2.15. The van der Waals surface area contributed by atoms with Crippen molar-refractivity contribution in [2.45, 2.75) is 26.3 Å². The second-order valence-corrected chi connectivity index (χ2v) is 6.73.